The molecule has 2 bridgehead atoms. The predicted molar refractivity (Wildman–Crippen MR) is 73.5 cm³/mol. The Labute approximate surface area is 125 Å². The minimum Gasteiger partial charge on any atom is -0.326 e. The van der Waals surface area contributed by atoms with Gasteiger partial charge in [-0.15, -0.1) is 0 Å². The summed E-state index contributed by atoms with van der Waals surface area (Å²) in [6.45, 7) is 2.03. The molecule has 0 radical (unpaired) electrons. The number of anilines is 1. The molecule has 0 heterocycles. The average Bonchev–Trinajstić information content (AvgIpc) is 3.00. The third-order valence-corrected chi connectivity index (χ3v) is 5.17. The van der Waals surface area contributed by atoms with Crippen LogP contribution in [0.1, 0.15) is 31.7 Å². The van der Waals surface area contributed by atoms with Crippen LogP contribution >= 0.6 is 0 Å². The molecule has 0 spiro atoms. The molecule has 0 aromatic heterocycles. The van der Waals surface area contributed by atoms with Gasteiger partial charge in [0.25, 0.3) is 0 Å². The van der Waals surface area contributed by atoms with Crippen LogP contribution in [-0.4, -0.2) is 5.91 Å². The van der Waals surface area contributed by atoms with E-state index in [9.17, 15) is 22.4 Å². The number of benzene rings is 1. The molecule has 1 aromatic rings. The first-order valence-corrected chi connectivity index (χ1v) is 7.45. The van der Waals surface area contributed by atoms with Crippen LogP contribution < -0.4 is 5.32 Å². The Morgan fingerprint density at radius 1 is 1.23 bits per heavy atom. The fourth-order valence-corrected chi connectivity index (χ4v) is 4.08. The largest absolute Gasteiger partial charge is 0.419 e. The molecule has 1 aromatic carbocycles. The molecule has 1 amide bonds. The molecule has 120 valence electrons. The second kappa shape index (κ2) is 5.25. The highest BCUT2D eigenvalue weighted by Crippen LogP contribution is 2.52. The van der Waals surface area contributed by atoms with E-state index in [4.69, 9.17) is 0 Å². The van der Waals surface area contributed by atoms with E-state index in [1.54, 1.807) is 0 Å². The van der Waals surface area contributed by atoms with Gasteiger partial charge < -0.3 is 5.32 Å². The monoisotopic (exact) mass is 315 g/mol. The maximum Gasteiger partial charge on any atom is 0.419 e. The predicted octanol–water partition coefficient (Wildman–Crippen LogP) is 4.47. The van der Waals surface area contributed by atoms with E-state index >= 15 is 0 Å². The van der Waals surface area contributed by atoms with Crippen molar-refractivity contribution >= 4 is 11.6 Å². The summed E-state index contributed by atoms with van der Waals surface area (Å²) in [7, 11) is 0. The Morgan fingerprint density at radius 2 is 1.91 bits per heavy atom. The standard InChI is InChI=1S/C16H17F4NO/c1-8-9-2-3-10(6-9)14(8)15(22)21-11-4-5-13(17)12(7-11)16(18,19)20/h4-5,7-10,14H,2-3,6H2,1H3,(H,21,22)/t8?,9?,10-,14?/m1/s1. The summed E-state index contributed by atoms with van der Waals surface area (Å²) in [6, 6.07) is 2.56. The topological polar surface area (TPSA) is 29.1 Å². The van der Waals surface area contributed by atoms with E-state index < -0.39 is 17.6 Å². The highest BCUT2D eigenvalue weighted by atomic mass is 19.4. The molecule has 4 atom stereocenters. The van der Waals surface area contributed by atoms with Crippen molar-refractivity contribution in [2.45, 2.75) is 32.4 Å². The van der Waals surface area contributed by atoms with E-state index in [0.29, 0.717) is 17.9 Å². The van der Waals surface area contributed by atoms with Gasteiger partial charge >= 0.3 is 6.18 Å². The summed E-state index contributed by atoms with van der Waals surface area (Å²) >= 11 is 0. The lowest BCUT2D eigenvalue weighted by atomic mass is 9.80. The van der Waals surface area contributed by atoms with Gasteiger partial charge in [0.05, 0.1) is 5.56 Å². The van der Waals surface area contributed by atoms with Gasteiger partial charge in [0.2, 0.25) is 5.91 Å². The Hall–Kier alpha value is -1.59. The Kier molecular flexibility index (Phi) is 3.65. The zero-order valence-corrected chi connectivity index (χ0v) is 12.1. The highest BCUT2D eigenvalue weighted by molar-refractivity contribution is 5.93. The van der Waals surface area contributed by atoms with Gasteiger partial charge in [-0.3, -0.25) is 4.79 Å². The van der Waals surface area contributed by atoms with Crippen molar-refractivity contribution in [3.63, 3.8) is 0 Å². The molecule has 2 fully saturated rings. The van der Waals surface area contributed by atoms with Crippen molar-refractivity contribution < 1.29 is 22.4 Å². The van der Waals surface area contributed by atoms with Crippen molar-refractivity contribution in [2.75, 3.05) is 5.32 Å². The summed E-state index contributed by atoms with van der Waals surface area (Å²) in [5, 5.41) is 2.53. The summed E-state index contributed by atoms with van der Waals surface area (Å²) in [5.74, 6) is -0.625. The van der Waals surface area contributed by atoms with E-state index in [1.807, 2.05) is 6.92 Å². The number of carbonyl (C=O) groups is 1. The first kappa shape index (κ1) is 15.3. The Balaban J connectivity index is 1.78. The molecular formula is C16H17F4NO. The number of halogens is 4. The molecule has 2 aliphatic rings. The molecular weight excluding hydrogens is 298 g/mol. The van der Waals surface area contributed by atoms with Crippen LogP contribution in [0.2, 0.25) is 0 Å². The first-order chi connectivity index (χ1) is 10.3. The van der Waals surface area contributed by atoms with Crippen molar-refractivity contribution in [3.05, 3.63) is 29.6 Å². The molecule has 2 saturated carbocycles. The van der Waals surface area contributed by atoms with Crippen LogP contribution in [-0.2, 0) is 11.0 Å². The number of carbonyl (C=O) groups excluding carboxylic acids is 1. The lowest BCUT2D eigenvalue weighted by molar-refractivity contribution is -0.140. The summed E-state index contributed by atoms with van der Waals surface area (Å²) < 4.78 is 51.4. The van der Waals surface area contributed by atoms with E-state index in [-0.39, 0.29) is 23.4 Å². The van der Waals surface area contributed by atoms with Gasteiger partial charge in [0, 0.05) is 11.6 Å². The quantitative estimate of drug-likeness (QED) is 0.802. The van der Waals surface area contributed by atoms with Crippen LogP contribution in [0, 0.1) is 29.5 Å². The third-order valence-electron chi connectivity index (χ3n) is 5.17. The maximum atomic E-state index is 13.3. The van der Waals surface area contributed by atoms with Gasteiger partial charge in [-0.25, -0.2) is 4.39 Å². The second-order valence-corrected chi connectivity index (χ2v) is 6.40. The zero-order chi connectivity index (χ0) is 16.1. The number of alkyl halides is 3. The van der Waals surface area contributed by atoms with Gasteiger partial charge in [-0.1, -0.05) is 6.92 Å². The van der Waals surface area contributed by atoms with Crippen molar-refractivity contribution in [1.29, 1.82) is 0 Å². The number of hydrogen-bond acceptors (Lipinski definition) is 1. The van der Waals surface area contributed by atoms with E-state index in [2.05, 4.69) is 5.32 Å². The summed E-state index contributed by atoms with van der Waals surface area (Å²) in [4.78, 5) is 12.4. The molecule has 3 rings (SSSR count). The molecule has 0 saturated heterocycles. The number of amides is 1. The SMILES string of the molecule is CC1C2CC[C@H](C2)C1C(=O)Nc1ccc(F)c(C(F)(F)F)c1. The molecule has 3 unspecified atom stereocenters. The second-order valence-electron chi connectivity index (χ2n) is 6.40. The van der Waals surface area contributed by atoms with Crippen molar-refractivity contribution in [1.82, 2.24) is 0 Å². The number of rotatable bonds is 2. The third kappa shape index (κ3) is 2.59. The normalized spacial score (nSPS) is 30.6. The van der Waals surface area contributed by atoms with Crippen LogP contribution in [0.15, 0.2) is 18.2 Å². The van der Waals surface area contributed by atoms with Crippen molar-refractivity contribution in [3.8, 4) is 0 Å². The number of hydrogen-bond donors (Lipinski definition) is 1. The zero-order valence-electron chi connectivity index (χ0n) is 12.1. The lowest BCUT2D eigenvalue weighted by Gasteiger charge is -2.27. The van der Waals surface area contributed by atoms with Crippen LogP contribution in [0.25, 0.3) is 0 Å². The van der Waals surface area contributed by atoms with Crippen molar-refractivity contribution in [2.24, 2.45) is 23.7 Å². The fraction of sp³-hybridized carbons (Fsp3) is 0.562. The van der Waals surface area contributed by atoms with E-state index in [0.717, 1.165) is 25.3 Å². The van der Waals surface area contributed by atoms with Gasteiger partial charge in [-0.2, -0.15) is 13.2 Å². The van der Waals surface area contributed by atoms with Crippen LogP contribution in [0.3, 0.4) is 0 Å². The lowest BCUT2D eigenvalue weighted by Crippen LogP contribution is -2.32. The summed E-state index contributed by atoms with van der Waals surface area (Å²) in [6.07, 6.45) is -1.62. The van der Waals surface area contributed by atoms with E-state index in [1.165, 1.54) is 6.07 Å². The highest BCUT2D eigenvalue weighted by Gasteiger charge is 2.48. The minimum absolute atomic E-state index is 0.00583. The van der Waals surface area contributed by atoms with Gasteiger partial charge in [0.1, 0.15) is 5.82 Å². The van der Waals surface area contributed by atoms with Gasteiger partial charge in [0.15, 0.2) is 0 Å². The molecule has 1 N–H and O–H groups in total. The Bertz CT molecular complexity index is 596. The molecule has 22 heavy (non-hydrogen) atoms. The number of fused-ring (bicyclic) bond motifs is 2. The summed E-state index contributed by atoms with van der Waals surface area (Å²) in [5.41, 5.74) is -1.36. The molecule has 6 heteroatoms. The van der Waals surface area contributed by atoms with Crippen LogP contribution in [0.4, 0.5) is 23.2 Å². The van der Waals surface area contributed by atoms with Gasteiger partial charge in [-0.05, 0) is 55.2 Å². The first-order valence-electron chi connectivity index (χ1n) is 7.45. The Morgan fingerprint density at radius 3 is 2.50 bits per heavy atom. The minimum atomic E-state index is -4.77. The van der Waals surface area contributed by atoms with Crippen LogP contribution in [0.5, 0.6) is 0 Å². The molecule has 0 aliphatic heterocycles. The fourth-order valence-electron chi connectivity index (χ4n) is 4.08. The molecule has 2 nitrogen and oxygen atoms in total. The molecule has 2 aliphatic carbocycles. The average molecular weight is 315 g/mol. The number of nitrogens with one attached hydrogen (secondary N) is 1. The maximum absolute atomic E-state index is 13.3. The smallest absolute Gasteiger partial charge is 0.326 e.